The molecule has 1 aromatic heterocycles. The fraction of sp³-hybridized carbons (Fsp3) is 0.0400. The van der Waals surface area contributed by atoms with Gasteiger partial charge in [0.2, 0.25) is 0 Å². The van der Waals surface area contributed by atoms with E-state index in [0.717, 1.165) is 33.2 Å². The van der Waals surface area contributed by atoms with E-state index in [9.17, 15) is 4.79 Å². The van der Waals surface area contributed by atoms with Crippen molar-refractivity contribution in [2.24, 2.45) is 0 Å². The molecule has 0 aliphatic rings. The molecule has 0 atom stereocenters. The van der Waals surface area contributed by atoms with Crippen molar-refractivity contribution < 1.29 is 4.79 Å². The van der Waals surface area contributed by atoms with Crippen LogP contribution in [0.1, 0.15) is 15.9 Å². The topological polar surface area (TPSA) is 71.8 Å². The minimum Gasteiger partial charge on any atom is -0.332 e. The SMILES string of the molecule is Cc1cc2nn(-c3ccc(Cl)cc3)nc2cc1NC(=S)NC(=O)c1cccc2c(Cl)cccc12. The van der Waals surface area contributed by atoms with Crippen LogP contribution in [0.25, 0.3) is 27.5 Å². The lowest BCUT2D eigenvalue weighted by molar-refractivity contribution is 0.0979. The van der Waals surface area contributed by atoms with Crippen molar-refractivity contribution in [2.75, 3.05) is 5.32 Å². The number of anilines is 1. The number of aryl methyl sites for hydroxylation is 1. The van der Waals surface area contributed by atoms with E-state index in [2.05, 4.69) is 20.8 Å². The van der Waals surface area contributed by atoms with Gasteiger partial charge >= 0.3 is 0 Å². The molecule has 1 heterocycles. The van der Waals surface area contributed by atoms with Crippen molar-refractivity contribution in [3.05, 3.63) is 94.0 Å². The number of amides is 1. The van der Waals surface area contributed by atoms with E-state index in [1.54, 1.807) is 35.1 Å². The van der Waals surface area contributed by atoms with Crippen LogP contribution in [0.15, 0.2) is 72.8 Å². The van der Waals surface area contributed by atoms with Crippen LogP contribution < -0.4 is 10.6 Å². The lowest BCUT2D eigenvalue weighted by Gasteiger charge is -2.13. The van der Waals surface area contributed by atoms with Crippen molar-refractivity contribution in [3.63, 3.8) is 0 Å². The first-order chi connectivity index (χ1) is 16.4. The number of halogens is 2. The number of nitrogens with zero attached hydrogens (tertiary/aromatic N) is 3. The van der Waals surface area contributed by atoms with Crippen molar-refractivity contribution in [3.8, 4) is 5.69 Å². The predicted molar refractivity (Wildman–Crippen MR) is 141 cm³/mol. The molecule has 0 aliphatic carbocycles. The highest BCUT2D eigenvalue weighted by Gasteiger charge is 2.14. The number of carbonyl (C=O) groups excluding carboxylic acids is 1. The van der Waals surface area contributed by atoms with Gasteiger partial charge in [0.25, 0.3) is 5.91 Å². The summed E-state index contributed by atoms with van der Waals surface area (Å²) in [5.74, 6) is -0.321. The van der Waals surface area contributed by atoms with Crippen molar-refractivity contribution in [1.82, 2.24) is 20.3 Å². The average Bonchev–Trinajstić information content (AvgIpc) is 3.22. The van der Waals surface area contributed by atoms with Gasteiger partial charge < -0.3 is 5.32 Å². The molecule has 5 rings (SSSR count). The van der Waals surface area contributed by atoms with Crippen molar-refractivity contribution >= 4 is 73.9 Å². The molecule has 5 aromatic rings. The normalized spacial score (nSPS) is 11.0. The van der Waals surface area contributed by atoms with Crippen LogP contribution in [0.4, 0.5) is 5.69 Å². The molecule has 4 aromatic carbocycles. The summed E-state index contributed by atoms with van der Waals surface area (Å²) in [6.45, 7) is 1.93. The Morgan fingerprint density at radius 3 is 2.35 bits per heavy atom. The summed E-state index contributed by atoms with van der Waals surface area (Å²) in [5, 5.41) is 17.9. The number of thiocarbonyl (C=S) groups is 1. The van der Waals surface area contributed by atoms with Crippen LogP contribution in [-0.2, 0) is 0 Å². The standard InChI is InChI=1S/C25H17Cl2N5OS/c1-14-12-22-23(31-32(30-22)16-10-8-15(26)9-11-16)13-21(14)28-25(34)29-24(33)19-6-2-5-18-17(19)4-3-7-20(18)27/h2-13H,1H3,(H2,28,29,33,34). The number of hydrogen-bond donors (Lipinski definition) is 2. The third-order valence-corrected chi connectivity index (χ3v) is 6.16. The van der Waals surface area contributed by atoms with Gasteiger partial charge in [0, 0.05) is 26.7 Å². The monoisotopic (exact) mass is 505 g/mol. The first-order valence-corrected chi connectivity index (χ1v) is 11.5. The summed E-state index contributed by atoms with van der Waals surface area (Å²) in [6.07, 6.45) is 0. The fourth-order valence-electron chi connectivity index (χ4n) is 3.69. The fourth-order valence-corrected chi connectivity index (χ4v) is 4.25. The van der Waals surface area contributed by atoms with Gasteiger partial charge in [0.1, 0.15) is 11.0 Å². The highest BCUT2D eigenvalue weighted by atomic mass is 35.5. The third-order valence-electron chi connectivity index (χ3n) is 5.37. The first-order valence-electron chi connectivity index (χ1n) is 10.3. The van der Waals surface area contributed by atoms with Crippen LogP contribution in [0.3, 0.4) is 0 Å². The van der Waals surface area contributed by atoms with E-state index >= 15 is 0 Å². The Morgan fingerprint density at radius 1 is 0.912 bits per heavy atom. The van der Waals surface area contributed by atoms with Crippen LogP contribution >= 0.6 is 35.4 Å². The van der Waals surface area contributed by atoms with E-state index in [0.29, 0.717) is 21.1 Å². The van der Waals surface area contributed by atoms with Gasteiger partial charge in [-0.2, -0.15) is 4.80 Å². The average molecular weight is 506 g/mol. The van der Waals surface area contributed by atoms with Gasteiger partial charge in [-0.3, -0.25) is 10.1 Å². The van der Waals surface area contributed by atoms with Crippen LogP contribution in [-0.4, -0.2) is 26.0 Å². The number of fused-ring (bicyclic) bond motifs is 2. The highest BCUT2D eigenvalue weighted by Crippen LogP contribution is 2.26. The number of nitrogens with one attached hydrogen (secondary N) is 2. The molecule has 0 aliphatic heterocycles. The zero-order chi connectivity index (χ0) is 23.8. The van der Waals surface area contributed by atoms with Gasteiger partial charge in [-0.1, -0.05) is 47.5 Å². The number of benzene rings is 4. The van der Waals surface area contributed by atoms with E-state index < -0.39 is 0 Å². The zero-order valence-corrected chi connectivity index (χ0v) is 20.2. The number of hydrogen-bond acceptors (Lipinski definition) is 4. The maximum Gasteiger partial charge on any atom is 0.258 e. The second-order valence-electron chi connectivity index (χ2n) is 7.67. The summed E-state index contributed by atoms with van der Waals surface area (Å²) in [6, 6.07) is 21.9. The van der Waals surface area contributed by atoms with Gasteiger partial charge in [-0.05, 0) is 78.6 Å². The van der Waals surface area contributed by atoms with Gasteiger partial charge in [-0.15, -0.1) is 10.2 Å². The highest BCUT2D eigenvalue weighted by molar-refractivity contribution is 7.80. The molecular formula is C25H17Cl2N5OS. The molecule has 6 nitrogen and oxygen atoms in total. The molecule has 0 radical (unpaired) electrons. The number of carbonyl (C=O) groups is 1. The maximum absolute atomic E-state index is 12.9. The molecule has 1 amide bonds. The summed E-state index contributed by atoms with van der Waals surface area (Å²) in [5.41, 5.74) is 4.33. The number of rotatable bonds is 3. The van der Waals surface area contributed by atoms with E-state index in [-0.39, 0.29) is 11.0 Å². The van der Waals surface area contributed by atoms with E-state index in [1.165, 1.54) is 0 Å². The molecule has 9 heteroatoms. The van der Waals surface area contributed by atoms with Gasteiger partial charge in [-0.25, -0.2) is 0 Å². The zero-order valence-electron chi connectivity index (χ0n) is 17.8. The van der Waals surface area contributed by atoms with Gasteiger partial charge in [0.05, 0.1) is 5.69 Å². The first kappa shape index (κ1) is 22.3. The molecule has 0 saturated carbocycles. The van der Waals surface area contributed by atoms with E-state index in [4.69, 9.17) is 35.4 Å². The molecule has 0 unspecified atom stereocenters. The summed E-state index contributed by atoms with van der Waals surface area (Å²) in [7, 11) is 0. The summed E-state index contributed by atoms with van der Waals surface area (Å²) < 4.78 is 0. The second kappa shape index (κ2) is 9.02. The largest absolute Gasteiger partial charge is 0.332 e. The van der Waals surface area contributed by atoms with Crippen LogP contribution in [0.2, 0.25) is 10.0 Å². The molecule has 0 bridgehead atoms. The molecule has 168 valence electrons. The Balaban J connectivity index is 1.37. The minimum atomic E-state index is -0.321. The Hall–Kier alpha value is -3.52. The molecule has 0 saturated heterocycles. The lowest BCUT2D eigenvalue weighted by Crippen LogP contribution is -2.34. The molecular weight excluding hydrogens is 489 g/mol. The molecule has 34 heavy (non-hydrogen) atoms. The van der Waals surface area contributed by atoms with Crippen LogP contribution in [0, 0.1) is 6.92 Å². The number of aromatic nitrogens is 3. The maximum atomic E-state index is 12.9. The molecule has 0 fully saturated rings. The Morgan fingerprint density at radius 2 is 1.59 bits per heavy atom. The van der Waals surface area contributed by atoms with Crippen molar-refractivity contribution in [1.29, 1.82) is 0 Å². The van der Waals surface area contributed by atoms with Crippen molar-refractivity contribution in [2.45, 2.75) is 6.92 Å². The Bertz CT molecular complexity index is 1580. The van der Waals surface area contributed by atoms with E-state index in [1.807, 2.05) is 49.4 Å². The smallest absolute Gasteiger partial charge is 0.258 e. The summed E-state index contributed by atoms with van der Waals surface area (Å²) in [4.78, 5) is 14.5. The third kappa shape index (κ3) is 4.33. The Kier molecular flexibility index (Phi) is 5.91. The predicted octanol–water partition coefficient (Wildman–Crippen LogP) is 6.32. The molecule has 0 spiro atoms. The molecule has 2 N–H and O–H groups in total. The Labute approximate surface area is 210 Å². The second-order valence-corrected chi connectivity index (χ2v) is 8.92. The van der Waals surface area contributed by atoms with Crippen LogP contribution in [0.5, 0.6) is 0 Å². The summed E-state index contributed by atoms with van der Waals surface area (Å²) >= 11 is 17.7. The quantitative estimate of drug-likeness (QED) is 0.281. The lowest BCUT2D eigenvalue weighted by atomic mass is 10.0. The minimum absolute atomic E-state index is 0.177. The van der Waals surface area contributed by atoms with Gasteiger partial charge in [0.15, 0.2) is 5.11 Å².